The second-order valence-electron chi connectivity index (χ2n) is 8.92. The Kier molecular flexibility index (Phi) is 11.3. The van der Waals surface area contributed by atoms with E-state index >= 15 is 0 Å². The molecule has 0 bridgehead atoms. The molecule has 0 spiro atoms. The van der Waals surface area contributed by atoms with Crippen LogP contribution in [-0.2, 0) is 0 Å². The number of amides is 2. The van der Waals surface area contributed by atoms with Crippen molar-refractivity contribution in [1.82, 2.24) is 15.5 Å². The van der Waals surface area contributed by atoms with Crippen LogP contribution in [0.4, 0.5) is 10.5 Å². The number of urea groups is 1. The van der Waals surface area contributed by atoms with Gasteiger partial charge in [-0.3, -0.25) is 10.3 Å². The van der Waals surface area contributed by atoms with E-state index in [-0.39, 0.29) is 6.03 Å². The van der Waals surface area contributed by atoms with Crippen LogP contribution >= 0.6 is 12.2 Å². The van der Waals surface area contributed by atoms with Crippen LogP contribution in [-0.4, -0.2) is 54.9 Å². The molecule has 0 atom stereocenters. The number of nitrogens with zero attached hydrogens (tertiary/aromatic N) is 3. The summed E-state index contributed by atoms with van der Waals surface area (Å²) in [4.78, 5) is 23.4. The third-order valence-corrected chi connectivity index (χ3v) is 6.07. The third kappa shape index (κ3) is 9.12. The Morgan fingerprint density at radius 1 is 1.30 bits per heavy atom. The standard InChI is InChI=1S/C25H40N6OS/c1-6-7-13-27-23(26-5)31-15-11-20(12-16-31)10-14-28-24(32)30-25(33)29-22-17-19(4)8-9-21(22)18(2)3/h8-9,13,17-18,20H,6-7,10-12,14-16H2,1-5H3,(H3,28,29,30,32,33). The number of carbonyl (C=O) groups excluding carboxylic acids is 1. The number of hydrogen-bond acceptors (Lipinski definition) is 3. The van der Waals surface area contributed by atoms with Crippen molar-refractivity contribution in [3.05, 3.63) is 29.3 Å². The minimum Gasteiger partial charge on any atom is -0.341 e. The van der Waals surface area contributed by atoms with E-state index in [4.69, 9.17) is 12.2 Å². The molecule has 0 saturated carbocycles. The lowest BCUT2D eigenvalue weighted by Crippen LogP contribution is -2.43. The number of benzene rings is 1. The minimum absolute atomic E-state index is 0.269. The number of unbranched alkanes of at least 4 members (excludes halogenated alkanes) is 1. The van der Waals surface area contributed by atoms with Crippen molar-refractivity contribution in [3.63, 3.8) is 0 Å². The maximum Gasteiger partial charge on any atom is 0.321 e. The Morgan fingerprint density at radius 2 is 2.03 bits per heavy atom. The molecule has 0 aliphatic carbocycles. The van der Waals surface area contributed by atoms with Gasteiger partial charge < -0.3 is 15.5 Å². The largest absolute Gasteiger partial charge is 0.341 e. The molecule has 1 aliphatic rings. The molecule has 0 radical (unpaired) electrons. The fourth-order valence-corrected chi connectivity index (χ4v) is 4.15. The number of aliphatic imine (C=N–C) groups is 2. The monoisotopic (exact) mass is 472 g/mol. The van der Waals surface area contributed by atoms with Crippen molar-refractivity contribution in [2.45, 2.75) is 65.7 Å². The smallest absolute Gasteiger partial charge is 0.321 e. The number of thiocarbonyl (C=S) groups is 1. The Labute approximate surface area is 204 Å². The average molecular weight is 473 g/mol. The summed E-state index contributed by atoms with van der Waals surface area (Å²) in [5.41, 5.74) is 3.25. The molecule has 1 aromatic carbocycles. The fourth-order valence-electron chi connectivity index (χ4n) is 3.95. The van der Waals surface area contributed by atoms with Crippen molar-refractivity contribution in [2.24, 2.45) is 15.9 Å². The first-order chi connectivity index (χ1) is 15.8. The molecular weight excluding hydrogens is 432 g/mol. The summed E-state index contributed by atoms with van der Waals surface area (Å²) in [5.74, 6) is 1.78. The molecule has 1 saturated heterocycles. The van der Waals surface area contributed by atoms with E-state index in [1.54, 1.807) is 7.05 Å². The number of hydrogen-bond donors (Lipinski definition) is 3. The van der Waals surface area contributed by atoms with Crippen LogP contribution in [0.25, 0.3) is 0 Å². The highest BCUT2D eigenvalue weighted by molar-refractivity contribution is 7.80. The van der Waals surface area contributed by atoms with E-state index in [0.29, 0.717) is 23.5 Å². The molecule has 2 amide bonds. The second-order valence-corrected chi connectivity index (χ2v) is 9.33. The SMILES string of the molecule is CCCC=NC(=NC)N1CCC(CCNC(=O)NC(=S)Nc2cc(C)ccc2C(C)C)CC1. The first-order valence-electron chi connectivity index (χ1n) is 12.0. The first kappa shape index (κ1) is 26.8. The Balaban J connectivity index is 1.71. The van der Waals surface area contributed by atoms with Gasteiger partial charge in [0.25, 0.3) is 0 Å². The summed E-state index contributed by atoms with van der Waals surface area (Å²) in [6, 6.07) is 5.97. The van der Waals surface area contributed by atoms with E-state index in [9.17, 15) is 4.79 Å². The first-order valence-corrected chi connectivity index (χ1v) is 12.5. The van der Waals surface area contributed by atoms with Crippen LogP contribution in [0, 0.1) is 12.8 Å². The molecule has 1 aromatic rings. The topological polar surface area (TPSA) is 81.1 Å². The number of rotatable bonds is 7. The summed E-state index contributed by atoms with van der Waals surface area (Å²) >= 11 is 5.35. The average Bonchev–Trinajstić information content (AvgIpc) is 2.77. The van der Waals surface area contributed by atoms with Gasteiger partial charge in [-0.2, -0.15) is 0 Å². The highest BCUT2D eigenvalue weighted by Crippen LogP contribution is 2.25. The summed E-state index contributed by atoms with van der Waals surface area (Å²) in [6.45, 7) is 11.0. The van der Waals surface area contributed by atoms with Crippen molar-refractivity contribution < 1.29 is 4.79 Å². The van der Waals surface area contributed by atoms with E-state index in [2.05, 4.69) is 69.8 Å². The van der Waals surface area contributed by atoms with Gasteiger partial charge in [0, 0.05) is 38.6 Å². The molecule has 1 fully saturated rings. The minimum atomic E-state index is -0.269. The number of guanidine groups is 1. The summed E-state index contributed by atoms with van der Waals surface area (Å²) in [6.07, 6.45) is 7.14. The number of nitrogens with one attached hydrogen (secondary N) is 3. The summed E-state index contributed by atoms with van der Waals surface area (Å²) < 4.78 is 0. The van der Waals surface area contributed by atoms with Gasteiger partial charge in [0.2, 0.25) is 5.96 Å². The summed E-state index contributed by atoms with van der Waals surface area (Å²) in [7, 11) is 1.80. The Hall–Kier alpha value is -2.48. The normalized spacial score (nSPS) is 15.2. The van der Waals surface area contributed by atoms with Crippen LogP contribution in [0.15, 0.2) is 28.2 Å². The molecule has 8 heteroatoms. The van der Waals surface area contributed by atoms with Crippen LogP contribution in [0.1, 0.15) is 69.9 Å². The fraction of sp³-hybridized carbons (Fsp3) is 0.600. The highest BCUT2D eigenvalue weighted by Gasteiger charge is 2.21. The van der Waals surface area contributed by atoms with Crippen LogP contribution < -0.4 is 16.0 Å². The van der Waals surface area contributed by atoms with Gasteiger partial charge in [0.1, 0.15) is 0 Å². The number of likely N-dealkylation sites (tertiary alicyclic amines) is 1. The Bertz CT molecular complexity index is 843. The van der Waals surface area contributed by atoms with Gasteiger partial charge in [-0.1, -0.05) is 39.3 Å². The molecule has 182 valence electrons. The van der Waals surface area contributed by atoms with Crippen molar-refractivity contribution >= 4 is 41.2 Å². The molecule has 3 N–H and O–H groups in total. The van der Waals surface area contributed by atoms with E-state index < -0.39 is 0 Å². The molecular formula is C25H40N6OS. The molecule has 1 aliphatic heterocycles. The Morgan fingerprint density at radius 3 is 2.67 bits per heavy atom. The van der Waals surface area contributed by atoms with Gasteiger partial charge in [-0.25, -0.2) is 9.79 Å². The lowest BCUT2D eigenvalue weighted by atomic mass is 9.94. The van der Waals surface area contributed by atoms with Gasteiger partial charge >= 0.3 is 6.03 Å². The quantitative estimate of drug-likeness (QED) is 0.294. The van der Waals surface area contributed by atoms with E-state index in [0.717, 1.165) is 62.4 Å². The number of aryl methyl sites for hydroxylation is 1. The van der Waals surface area contributed by atoms with Gasteiger partial charge in [-0.05, 0) is 73.9 Å². The van der Waals surface area contributed by atoms with E-state index in [1.165, 1.54) is 5.56 Å². The molecule has 7 nitrogen and oxygen atoms in total. The van der Waals surface area contributed by atoms with Gasteiger partial charge in [-0.15, -0.1) is 0 Å². The van der Waals surface area contributed by atoms with Gasteiger partial charge in [0.15, 0.2) is 5.11 Å². The maximum atomic E-state index is 12.3. The zero-order chi connectivity index (χ0) is 24.2. The number of carbonyl (C=O) groups is 1. The molecule has 33 heavy (non-hydrogen) atoms. The lowest BCUT2D eigenvalue weighted by molar-refractivity contribution is 0.237. The highest BCUT2D eigenvalue weighted by atomic mass is 32.1. The molecule has 2 rings (SSSR count). The van der Waals surface area contributed by atoms with Crippen LogP contribution in [0.5, 0.6) is 0 Å². The van der Waals surface area contributed by atoms with E-state index in [1.807, 2.05) is 13.1 Å². The number of anilines is 1. The molecule has 1 heterocycles. The molecule has 0 unspecified atom stereocenters. The van der Waals surface area contributed by atoms with Gasteiger partial charge in [0.05, 0.1) is 0 Å². The van der Waals surface area contributed by atoms with Crippen LogP contribution in [0.2, 0.25) is 0 Å². The van der Waals surface area contributed by atoms with Crippen molar-refractivity contribution in [2.75, 3.05) is 32.0 Å². The molecule has 0 aromatic heterocycles. The third-order valence-electron chi connectivity index (χ3n) is 5.87. The predicted molar refractivity (Wildman–Crippen MR) is 144 cm³/mol. The zero-order valence-electron chi connectivity index (χ0n) is 20.8. The van der Waals surface area contributed by atoms with Crippen molar-refractivity contribution in [3.8, 4) is 0 Å². The second kappa shape index (κ2) is 13.9. The lowest BCUT2D eigenvalue weighted by Gasteiger charge is -2.32. The van der Waals surface area contributed by atoms with Crippen LogP contribution in [0.3, 0.4) is 0 Å². The maximum absolute atomic E-state index is 12.3. The number of piperidine rings is 1. The zero-order valence-corrected chi connectivity index (χ0v) is 21.6. The predicted octanol–water partition coefficient (Wildman–Crippen LogP) is 5.07. The van der Waals surface area contributed by atoms with Crippen molar-refractivity contribution in [1.29, 1.82) is 0 Å². The summed E-state index contributed by atoms with van der Waals surface area (Å²) in [5, 5.41) is 9.16.